The molecule has 0 amide bonds. The van der Waals surface area contributed by atoms with E-state index in [1.807, 2.05) is 0 Å². The predicted octanol–water partition coefficient (Wildman–Crippen LogP) is 4.35. The summed E-state index contributed by atoms with van der Waals surface area (Å²) in [6, 6.07) is 13.4. The molecule has 132 valence electrons. The summed E-state index contributed by atoms with van der Waals surface area (Å²) in [5.41, 5.74) is 1.89. The third-order valence-electron chi connectivity index (χ3n) is 5.01. The normalized spacial score (nSPS) is 22.5. The van der Waals surface area contributed by atoms with E-state index in [0.29, 0.717) is 27.5 Å². The maximum Gasteiger partial charge on any atom is 0.210 e. The molecule has 1 heterocycles. The van der Waals surface area contributed by atoms with Crippen LogP contribution in [-0.4, -0.2) is 41.3 Å². The van der Waals surface area contributed by atoms with Crippen molar-refractivity contribution in [3.63, 3.8) is 0 Å². The molecule has 0 radical (unpaired) electrons. The van der Waals surface area contributed by atoms with Crippen molar-refractivity contribution in [1.29, 1.82) is 0 Å². The first kappa shape index (κ1) is 17.1. The molecule has 1 unspecified atom stereocenters. The Hall–Kier alpha value is -2.30. The number of hydrogen-bond acceptors (Lipinski definition) is 4. The molecule has 4 nitrogen and oxygen atoms in total. The summed E-state index contributed by atoms with van der Waals surface area (Å²) in [4.78, 5) is 33.1. The summed E-state index contributed by atoms with van der Waals surface area (Å²) >= 11 is 5.95. The molecule has 2 aliphatic rings. The number of halogens is 1. The first-order chi connectivity index (χ1) is 12.6. The Morgan fingerprint density at radius 1 is 0.885 bits per heavy atom. The number of Topliss-reactive ketones (excluding diaryl/α,β-unsaturated/α-hetero) is 2. The first-order valence-electron chi connectivity index (χ1n) is 8.91. The van der Waals surface area contributed by atoms with E-state index in [0.717, 1.165) is 32.4 Å². The molecular weight excluding hydrogens is 348 g/mol. The number of benzene rings is 2. The molecule has 1 atom stereocenters. The highest BCUT2D eigenvalue weighted by molar-refractivity contribution is 6.55. The van der Waals surface area contributed by atoms with Crippen LogP contribution < -0.4 is 0 Å². The van der Waals surface area contributed by atoms with Crippen LogP contribution in [-0.2, 0) is 0 Å². The van der Waals surface area contributed by atoms with Gasteiger partial charge in [-0.1, -0.05) is 42.3 Å². The van der Waals surface area contributed by atoms with E-state index in [1.54, 1.807) is 48.5 Å². The SMILES string of the molecule is O=C1C(=Nc2ccc(Cl)cc2)C(N2CCCCC2)C(=O)c2ccccc21. The van der Waals surface area contributed by atoms with Crippen molar-refractivity contribution in [3.05, 3.63) is 64.7 Å². The van der Waals surface area contributed by atoms with Gasteiger partial charge in [-0.2, -0.15) is 0 Å². The van der Waals surface area contributed by atoms with Crippen LogP contribution in [0.3, 0.4) is 0 Å². The molecule has 0 bridgehead atoms. The standard InChI is InChI=1S/C21H19ClN2O2/c22-14-8-10-15(11-9-14)23-18-19(24-12-4-1-5-13-24)21(26)17-7-3-2-6-16(17)20(18)25/h2-3,6-11,19H,1,4-5,12-13H2. The van der Waals surface area contributed by atoms with Crippen molar-refractivity contribution < 1.29 is 9.59 Å². The second-order valence-corrected chi connectivity index (χ2v) is 7.15. The Morgan fingerprint density at radius 2 is 1.54 bits per heavy atom. The molecule has 2 aromatic rings. The summed E-state index contributed by atoms with van der Waals surface area (Å²) < 4.78 is 0. The molecule has 0 N–H and O–H groups in total. The first-order valence-corrected chi connectivity index (χ1v) is 9.29. The number of hydrogen-bond donors (Lipinski definition) is 0. The summed E-state index contributed by atoms with van der Waals surface area (Å²) in [7, 11) is 0. The van der Waals surface area contributed by atoms with Crippen LogP contribution in [0.4, 0.5) is 5.69 Å². The van der Waals surface area contributed by atoms with E-state index in [9.17, 15) is 9.59 Å². The van der Waals surface area contributed by atoms with Crippen LogP contribution in [0.15, 0.2) is 53.5 Å². The minimum Gasteiger partial charge on any atom is -0.292 e. The molecule has 0 saturated carbocycles. The Kier molecular flexibility index (Phi) is 4.70. The highest BCUT2D eigenvalue weighted by Crippen LogP contribution is 2.28. The molecule has 5 heteroatoms. The molecule has 0 aromatic heterocycles. The number of likely N-dealkylation sites (tertiary alicyclic amines) is 1. The Morgan fingerprint density at radius 3 is 2.23 bits per heavy atom. The van der Waals surface area contributed by atoms with Gasteiger partial charge in [-0.3, -0.25) is 14.5 Å². The maximum absolute atomic E-state index is 13.2. The zero-order valence-corrected chi connectivity index (χ0v) is 15.1. The topological polar surface area (TPSA) is 49.7 Å². The average molecular weight is 367 g/mol. The fourth-order valence-electron chi connectivity index (χ4n) is 3.71. The van der Waals surface area contributed by atoms with Crippen LogP contribution in [0.5, 0.6) is 0 Å². The number of aliphatic imine (C=N–C) groups is 1. The van der Waals surface area contributed by atoms with Gasteiger partial charge in [-0.25, -0.2) is 4.99 Å². The smallest absolute Gasteiger partial charge is 0.210 e. The van der Waals surface area contributed by atoms with E-state index in [1.165, 1.54) is 0 Å². The van der Waals surface area contributed by atoms with Gasteiger partial charge in [0.2, 0.25) is 5.78 Å². The number of carbonyl (C=O) groups excluding carboxylic acids is 2. The van der Waals surface area contributed by atoms with Gasteiger partial charge in [-0.05, 0) is 50.2 Å². The van der Waals surface area contributed by atoms with Gasteiger partial charge in [-0.15, -0.1) is 0 Å². The molecule has 2 aromatic carbocycles. The third kappa shape index (κ3) is 3.11. The third-order valence-corrected chi connectivity index (χ3v) is 5.26. The number of ketones is 2. The molecule has 4 rings (SSSR count). The fraction of sp³-hybridized carbons (Fsp3) is 0.286. The largest absolute Gasteiger partial charge is 0.292 e. The minimum atomic E-state index is -0.603. The van der Waals surface area contributed by atoms with E-state index in [2.05, 4.69) is 9.89 Å². The Labute approximate surface area is 157 Å². The quantitative estimate of drug-likeness (QED) is 0.794. The second kappa shape index (κ2) is 7.14. The lowest BCUT2D eigenvalue weighted by Gasteiger charge is -2.36. The number of fused-ring (bicyclic) bond motifs is 1. The molecule has 0 spiro atoms. The summed E-state index contributed by atoms with van der Waals surface area (Å²) in [5.74, 6) is -0.194. The maximum atomic E-state index is 13.2. The highest BCUT2D eigenvalue weighted by atomic mass is 35.5. The zero-order chi connectivity index (χ0) is 18.1. The number of piperidine rings is 1. The van der Waals surface area contributed by atoms with Gasteiger partial charge in [0.25, 0.3) is 0 Å². The van der Waals surface area contributed by atoms with Crippen molar-refractivity contribution in [3.8, 4) is 0 Å². The van der Waals surface area contributed by atoms with Gasteiger partial charge >= 0.3 is 0 Å². The van der Waals surface area contributed by atoms with Gasteiger partial charge in [0, 0.05) is 16.1 Å². The van der Waals surface area contributed by atoms with Crippen LogP contribution in [0.25, 0.3) is 0 Å². The number of carbonyl (C=O) groups is 2. The lowest BCUT2D eigenvalue weighted by atomic mass is 9.83. The van der Waals surface area contributed by atoms with Crippen molar-refractivity contribution in [2.75, 3.05) is 13.1 Å². The average Bonchev–Trinajstić information content (AvgIpc) is 2.68. The zero-order valence-electron chi connectivity index (χ0n) is 14.3. The van der Waals surface area contributed by atoms with Crippen LogP contribution in [0.2, 0.25) is 5.02 Å². The molecule has 1 fully saturated rings. The van der Waals surface area contributed by atoms with E-state index >= 15 is 0 Å². The van der Waals surface area contributed by atoms with Gasteiger partial charge in [0.15, 0.2) is 5.78 Å². The van der Waals surface area contributed by atoms with E-state index in [4.69, 9.17) is 11.6 Å². The van der Waals surface area contributed by atoms with Gasteiger partial charge in [0.1, 0.15) is 11.8 Å². The van der Waals surface area contributed by atoms with Crippen molar-refractivity contribution in [2.45, 2.75) is 25.3 Å². The van der Waals surface area contributed by atoms with Crippen molar-refractivity contribution in [2.24, 2.45) is 4.99 Å². The van der Waals surface area contributed by atoms with E-state index in [-0.39, 0.29) is 11.6 Å². The lowest BCUT2D eigenvalue weighted by Crippen LogP contribution is -2.54. The molecule has 26 heavy (non-hydrogen) atoms. The highest BCUT2D eigenvalue weighted by Gasteiger charge is 2.41. The molecule has 1 aliphatic carbocycles. The lowest BCUT2D eigenvalue weighted by molar-refractivity contribution is 0.0831. The summed E-state index contributed by atoms with van der Waals surface area (Å²) in [5, 5.41) is 0.609. The van der Waals surface area contributed by atoms with Crippen LogP contribution in [0.1, 0.15) is 40.0 Å². The second-order valence-electron chi connectivity index (χ2n) is 6.71. The van der Waals surface area contributed by atoms with Crippen LogP contribution >= 0.6 is 11.6 Å². The van der Waals surface area contributed by atoms with Crippen molar-refractivity contribution in [1.82, 2.24) is 4.90 Å². The van der Waals surface area contributed by atoms with E-state index < -0.39 is 6.04 Å². The Bertz CT molecular complexity index is 883. The number of rotatable bonds is 2. The van der Waals surface area contributed by atoms with Gasteiger partial charge in [0.05, 0.1) is 5.69 Å². The minimum absolute atomic E-state index is 0.0326. The predicted molar refractivity (Wildman–Crippen MR) is 103 cm³/mol. The number of nitrogens with zero attached hydrogens (tertiary/aromatic N) is 2. The summed E-state index contributed by atoms with van der Waals surface area (Å²) in [6.07, 6.45) is 3.23. The molecule has 1 saturated heterocycles. The Balaban J connectivity index is 1.83. The monoisotopic (exact) mass is 366 g/mol. The molecular formula is C21H19ClN2O2. The summed E-state index contributed by atoms with van der Waals surface area (Å²) in [6.45, 7) is 1.62. The van der Waals surface area contributed by atoms with Crippen LogP contribution in [0, 0.1) is 0 Å². The van der Waals surface area contributed by atoms with Crippen molar-refractivity contribution >= 4 is 34.6 Å². The fourth-order valence-corrected chi connectivity index (χ4v) is 3.84. The molecule has 1 aliphatic heterocycles. The van der Waals surface area contributed by atoms with Gasteiger partial charge < -0.3 is 0 Å².